The molecule has 0 radical (unpaired) electrons. The number of carbonyl (C=O) groups excluding carboxylic acids is 2. The van der Waals surface area contributed by atoms with E-state index in [1.807, 2.05) is 63.2 Å². The van der Waals surface area contributed by atoms with Crippen molar-refractivity contribution in [2.45, 2.75) is 27.4 Å². The fraction of sp³-hybridized carbons (Fsp3) is 0.250. The number of carbonyl (C=O) groups is 2. The number of para-hydroxylation sites is 1. The molecule has 0 saturated heterocycles. The summed E-state index contributed by atoms with van der Waals surface area (Å²) >= 11 is 0. The second kappa shape index (κ2) is 9.31. The lowest BCUT2D eigenvalue weighted by Gasteiger charge is -2.18. The predicted octanol–water partition coefficient (Wildman–Crippen LogP) is 4.49. The molecular formula is C24H26N2O4. The molecule has 0 aliphatic carbocycles. The minimum atomic E-state index is -0.376. The van der Waals surface area contributed by atoms with Crippen LogP contribution in [0.4, 0.5) is 5.69 Å². The van der Waals surface area contributed by atoms with Crippen LogP contribution in [-0.2, 0) is 11.4 Å². The van der Waals surface area contributed by atoms with Gasteiger partial charge in [-0.05, 0) is 50.1 Å². The molecule has 3 rings (SSSR count). The number of likely N-dealkylation sites (N-methyl/N-ethyl adjacent to an activating group) is 1. The smallest absolute Gasteiger partial charge is 0.290 e. The number of anilines is 1. The molecule has 1 heterocycles. The van der Waals surface area contributed by atoms with E-state index in [9.17, 15) is 9.59 Å². The van der Waals surface area contributed by atoms with Crippen LogP contribution in [0.3, 0.4) is 0 Å². The van der Waals surface area contributed by atoms with Gasteiger partial charge in [0.2, 0.25) is 5.91 Å². The fourth-order valence-corrected chi connectivity index (χ4v) is 3.33. The number of hydrogen-bond donors (Lipinski definition) is 1. The van der Waals surface area contributed by atoms with E-state index in [-0.39, 0.29) is 30.7 Å². The van der Waals surface area contributed by atoms with E-state index >= 15 is 0 Å². The molecular weight excluding hydrogens is 380 g/mol. The van der Waals surface area contributed by atoms with E-state index in [0.29, 0.717) is 11.3 Å². The Labute approximate surface area is 176 Å². The van der Waals surface area contributed by atoms with Gasteiger partial charge in [-0.2, -0.15) is 0 Å². The molecule has 0 aliphatic heterocycles. The third-order valence-electron chi connectivity index (χ3n) is 4.75. The summed E-state index contributed by atoms with van der Waals surface area (Å²) in [5.74, 6) is 0.228. The summed E-state index contributed by atoms with van der Waals surface area (Å²) in [6.45, 7) is 6.02. The maximum Gasteiger partial charge on any atom is 0.290 e. The van der Waals surface area contributed by atoms with Gasteiger partial charge < -0.3 is 19.4 Å². The Morgan fingerprint density at radius 2 is 1.70 bits per heavy atom. The highest BCUT2D eigenvalue weighted by Crippen LogP contribution is 2.22. The van der Waals surface area contributed by atoms with Crippen molar-refractivity contribution >= 4 is 17.5 Å². The lowest BCUT2D eigenvalue weighted by Crippen LogP contribution is -2.35. The molecule has 1 aromatic heterocycles. The van der Waals surface area contributed by atoms with Crippen molar-refractivity contribution in [3.63, 3.8) is 0 Å². The van der Waals surface area contributed by atoms with Gasteiger partial charge >= 0.3 is 0 Å². The molecule has 2 aromatic carbocycles. The third-order valence-corrected chi connectivity index (χ3v) is 4.75. The molecule has 6 heteroatoms. The monoisotopic (exact) mass is 406 g/mol. The summed E-state index contributed by atoms with van der Waals surface area (Å²) in [6.07, 6.45) is 1.45. The lowest BCUT2D eigenvalue weighted by molar-refractivity contribution is -0.116. The van der Waals surface area contributed by atoms with Crippen molar-refractivity contribution in [3.05, 3.63) is 82.8 Å². The highest BCUT2D eigenvalue weighted by atomic mass is 16.5. The normalized spacial score (nSPS) is 10.5. The van der Waals surface area contributed by atoms with E-state index < -0.39 is 0 Å². The lowest BCUT2D eigenvalue weighted by atomic mass is 10.1. The van der Waals surface area contributed by atoms with Gasteiger partial charge in [-0.1, -0.05) is 35.9 Å². The number of hydrogen-bond acceptors (Lipinski definition) is 4. The molecule has 0 atom stereocenters. The Balaban J connectivity index is 1.62. The Hall–Kier alpha value is -3.54. The minimum absolute atomic E-state index is 0.0920. The summed E-state index contributed by atoms with van der Waals surface area (Å²) < 4.78 is 11.1. The minimum Gasteiger partial charge on any atom is -0.489 e. The van der Waals surface area contributed by atoms with Crippen molar-refractivity contribution in [1.29, 1.82) is 0 Å². The van der Waals surface area contributed by atoms with Crippen LogP contribution in [0.2, 0.25) is 0 Å². The van der Waals surface area contributed by atoms with Crippen molar-refractivity contribution < 1.29 is 18.7 Å². The Bertz CT molecular complexity index is 1020. The number of ether oxygens (including phenoxy) is 1. The van der Waals surface area contributed by atoms with Gasteiger partial charge in [-0.25, -0.2) is 0 Å². The Morgan fingerprint density at radius 1 is 1.03 bits per heavy atom. The molecule has 0 aliphatic rings. The highest BCUT2D eigenvalue weighted by molar-refractivity contribution is 5.99. The maximum absolute atomic E-state index is 12.8. The fourth-order valence-electron chi connectivity index (χ4n) is 3.33. The summed E-state index contributed by atoms with van der Waals surface area (Å²) in [6, 6.07) is 15.1. The third kappa shape index (κ3) is 5.08. The van der Waals surface area contributed by atoms with E-state index in [1.165, 1.54) is 11.2 Å². The van der Waals surface area contributed by atoms with Crippen molar-refractivity contribution in [2.75, 3.05) is 18.9 Å². The largest absolute Gasteiger partial charge is 0.489 e. The van der Waals surface area contributed by atoms with Crippen molar-refractivity contribution in [1.82, 2.24) is 4.90 Å². The Kier molecular flexibility index (Phi) is 6.57. The number of benzene rings is 2. The molecule has 0 unspecified atom stereocenters. The zero-order chi connectivity index (χ0) is 21.7. The second-order valence-electron chi connectivity index (χ2n) is 7.36. The van der Waals surface area contributed by atoms with Crippen molar-refractivity contribution in [3.8, 4) is 5.75 Å². The summed E-state index contributed by atoms with van der Waals surface area (Å²) in [4.78, 5) is 26.7. The van der Waals surface area contributed by atoms with E-state index in [2.05, 4.69) is 5.32 Å². The van der Waals surface area contributed by atoms with Crippen LogP contribution >= 0.6 is 0 Å². The Morgan fingerprint density at radius 3 is 2.37 bits per heavy atom. The zero-order valence-corrected chi connectivity index (χ0v) is 17.7. The number of amides is 2. The van der Waals surface area contributed by atoms with Crippen LogP contribution in [0.15, 0.2) is 59.2 Å². The molecule has 3 aromatic rings. The van der Waals surface area contributed by atoms with Crippen LogP contribution in [0.25, 0.3) is 0 Å². The molecule has 0 spiro atoms. The van der Waals surface area contributed by atoms with Gasteiger partial charge in [-0.3, -0.25) is 9.59 Å². The zero-order valence-electron chi connectivity index (χ0n) is 17.7. The predicted molar refractivity (Wildman–Crippen MR) is 116 cm³/mol. The number of nitrogens with zero attached hydrogens (tertiary/aromatic N) is 1. The van der Waals surface area contributed by atoms with Crippen molar-refractivity contribution in [2.24, 2.45) is 0 Å². The van der Waals surface area contributed by atoms with Crippen LogP contribution < -0.4 is 10.1 Å². The van der Waals surface area contributed by atoms with Gasteiger partial charge in [0.1, 0.15) is 12.4 Å². The molecule has 2 amide bonds. The average Bonchev–Trinajstić information content (AvgIpc) is 3.17. The first-order valence-corrected chi connectivity index (χ1v) is 9.72. The SMILES string of the molecule is Cc1cc(C)c(NC(=O)CN(C)C(=O)c2occc2COc2ccccc2)c(C)c1. The first-order valence-electron chi connectivity index (χ1n) is 9.72. The van der Waals surface area contributed by atoms with Gasteiger partial charge in [0.15, 0.2) is 5.76 Å². The molecule has 6 nitrogen and oxygen atoms in total. The summed E-state index contributed by atoms with van der Waals surface area (Å²) in [7, 11) is 1.57. The van der Waals surface area contributed by atoms with E-state index in [0.717, 1.165) is 22.4 Å². The van der Waals surface area contributed by atoms with E-state index in [4.69, 9.17) is 9.15 Å². The quantitative estimate of drug-likeness (QED) is 0.627. The number of nitrogens with one attached hydrogen (secondary N) is 1. The van der Waals surface area contributed by atoms with Crippen LogP contribution in [-0.4, -0.2) is 30.3 Å². The first-order chi connectivity index (χ1) is 14.3. The number of rotatable bonds is 7. The first kappa shape index (κ1) is 21.2. The second-order valence-corrected chi connectivity index (χ2v) is 7.36. The topological polar surface area (TPSA) is 71.8 Å². The molecule has 30 heavy (non-hydrogen) atoms. The van der Waals surface area contributed by atoms with Crippen LogP contribution in [0.1, 0.15) is 32.8 Å². The molecule has 0 bridgehead atoms. The average molecular weight is 406 g/mol. The number of aryl methyl sites for hydroxylation is 3. The molecule has 156 valence electrons. The molecule has 0 saturated carbocycles. The highest BCUT2D eigenvalue weighted by Gasteiger charge is 2.22. The standard InChI is InChI=1S/C24H26N2O4/c1-16-12-17(2)22(18(3)13-16)25-21(27)14-26(4)24(28)23-19(10-11-29-23)15-30-20-8-6-5-7-9-20/h5-13H,14-15H2,1-4H3,(H,25,27). The summed E-state index contributed by atoms with van der Waals surface area (Å²) in [5.41, 5.74) is 4.52. The van der Waals surface area contributed by atoms with Gasteiger partial charge in [-0.15, -0.1) is 0 Å². The van der Waals surface area contributed by atoms with E-state index in [1.54, 1.807) is 13.1 Å². The number of furan rings is 1. The molecule has 1 N–H and O–H groups in total. The summed E-state index contributed by atoms with van der Waals surface area (Å²) in [5, 5.41) is 2.91. The van der Waals surface area contributed by atoms with Crippen LogP contribution in [0, 0.1) is 20.8 Å². The van der Waals surface area contributed by atoms with Gasteiger partial charge in [0.05, 0.1) is 12.8 Å². The maximum atomic E-state index is 12.8. The molecule has 0 fully saturated rings. The van der Waals surface area contributed by atoms with Gasteiger partial charge in [0, 0.05) is 18.3 Å². The van der Waals surface area contributed by atoms with Gasteiger partial charge in [0.25, 0.3) is 5.91 Å². The van der Waals surface area contributed by atoms with Crippen LogP contribution in [0.5, 0.6) is 5.75 Å².